The lowest BCUT2D eigenvalue weighted by Gasteiger charge is -2.34. The van der Waals surface area contributed by atoms with E-state index in [1.54, 1.807) is 0 Å². The molecule has 2 fully saturated rings. The summed E-state index contributed by atoms with van der Waals surface area (Å²) in [6, 6.07) is 12.6. The first-order valence-electron chi connectivity index (χ1n) is 13.8. The molecule has 4 aromatic rings. The number of nitrogens with one attached hydrogen (secondary N) is 1. The fraction of sp³-hybridized carbons (Fsp3) is 0.467. The molecule has 9 heteroatoms. The van der Waals surface area contributed by atoms with E-state index in [-0.39, 0.29) is 12.2 Å². The number of pyridine rings is 2. The molecular weight excluding hydrogens is 496 g/mol. The second kappa shape index (κ2) is 12.4. The van der Waals surface area contributed by atoms with Crippen LogP contribution in [-0.4, -0.2) is 85.6 Å². The molecule has 1 aliphatic carbocycles. The van der Waals surface area contributed by atoms with Crippen LogP contribution in [0.2, 0.25) is 0 Å². The van der Waals surface area contributed by atoms with Crippen LogP contribution in [0.4, 0.5) is 0 Å². The summed E-state index contributed by atoms with van der Waals surface area (Å²) in [6.45, 7) is 5.44. The molecule has 4 heterocycles. The van der Waals surface area contributed by atoms with Crippen LogP contribution in [0.15, 0.2) is 55.0 Å². The summed E-state index contributed by atoms with van der Waals surface area (Å²) in [6.07, 6.45) is 8.10. The monoisotopic (exact) mass is 532 g/mol. The van der Waals surface area contributed by atoms with E-state index in [2.05, 4.69) is 57.2 Å². The van der Waals surface area contributed by atoms with Crippen LogP contribution in [0, 0.1) is 0 Å². The van der Waals surface area contributed by atoms with Crippen LogP contribution in [0.3, 0.4) is 0 Å². The van der Waals surface area contributed by atoms with E-state index in [4.69, 9.17) is 23.7 Å². The zero-order valence-corrected chi connectivity index (χ0v) is 22.4. The van der Waals surface area contributed by atoms with Gasteiger partial charge in [0.25, 0.3) is 0 Å². The summed E-state index contributed by atoms with van der Waals surface area (Å²) in [4.78, 5) is 8.85. The van der Waals surface area contributed by atoms with E-state index in [0.717, 1.165) is 37.1 Å². The van der Waals surface area contributed by atoms with Crippen LogP contribution in [0.25, 0.3) is 32.9 Å². The Labute approximate surface area is 228 Å². The van der Waals surface area contributed by atoms with Crippen LogP contribution < -0.4 is 10.1 Å². The van der Waals surface area contributed by atoms with E-state index in [9.17, 15) is 0 Å². The molecule has 9 nitrogen and oxygen atoms in total. The second-order valence-corrected chi connectivity index (χ2v) is 10.1. The van der Waals surface area contributed by atoms with Gasteiger partial charge in [-0.25, -0.2) is 4.98 Å². The molecule has 206 valence electrons. The van der Waals surface area contributed by atoms with Crippen LogP contribution in [0.1, 0.15) is 12.8 Å². The standard InChI is InChI=1S/C30H36N4O5/c1-34-28-6-7-31-20-27(28)26-4-2-21(14-29(26)34)22-3-5-30(33-17-22)39-24-15-23(16-24)37-12-10-35-8-9-36-11-13-38-25-18-32-19-25/h2-7,14,17,20,23-25,32H,8-13,15-16,18-19H2,1H3/t23-,24-. The summed E-state index contributed by atoms with van der Waals surface area (Å²) in [7, 11) is 2.09. The maximum Gasteiger partial charge on any atom is 0.213 e. The van der Waals surface area contributed by atoms with Gasteiger partial charge in [-0.3, -0.25) is 4.98 Å². The quantitative estimate of drug-likeness (QED) is 0.246. The summed E-state index contributed by atoms with van der Waals surface area (Å²) in [5.74, 6) is 0.650. The number of nitrogens with zero attached hydrogens (tertiary/aromatic N) is 3. The van der Waals surface area contributed by atoms with Gasteiger partial charge in [0, 0.05) is 79.5 Å². The van der Waals surface area contributed by atoms with Gasteiger partial charge in [-0.1, -0.05) is 12.1 Å². The molecule has 0 amide bonds. The van der Waals surface area contributed by atoms with Gasteiger partial charge in [0.15, 0.2) is 0 Å². The minimum Gasteiger partial charge on any atom is -0.474 e. The van der Waals surface area contributed by atoms with Crippen molar-refractivity contribution in [1.82, 2.24) is 19.9 Å². The van der Waals surface area contributed by atoms with Gasteiger partial charge in [0.2, 0.25) is 5.88 Å². The number of hydrogen-bond acceptors (Lipinski definition) is 8. The summed E-state index contributed by atoms with van der Waals surface area (Å²) < 4.78 is 30.8. The third kappa shape index (κ3) is 6.23. The number of aromatic nitrogens is 3. The highest BCUT2D eigenvalue weighted by Gasteiger charge is 2.31. The Morgan fingerprint density at radius 1 is 0.769 bits per heavy atom. The number of hydrogen-bond donors (Lipinski definition) is 1. The molecule has 39 heavy (non-hydrogen) atoms. The Bertz CT molecular complexity index is 1370. The average Bonchev–Trinajstić information content (AvgIpc) is 3.20. The lowest BCUT2D eigenvalue weighted by Crippen LogP contribution is -2.48. The molecule has 3 aromatic heterocycles. The van der Waals surface area contributed by atoms with Crippen molar-refractivity contribution in [3.63, 3.8) is 0 Å². The first-order chi connectivity index (χ1) is 19.2. The lowest BCUT2D eigenvalue weighted by atomic mass is 9.92. The maximum atomic E-state index is 6.05. The Morgan fingerprint density at radius 2 is 1.51 bits per heavy atom. The Hall–Kier alpha value is -3.08. The van der Waals surface area contributed by atoms with Gasteiger partial charge >= 0.3 is 0 Å². The van der Waals surface area contributed by atoms with Gasteiger partial charge in [-0.15, -0.1) is 0 Å². The first-order valence-corrected chi connectivity index (χ1v) is 13.8. The van der Waals surface area contributed by atoms with Crippen molar-refractivity contribution in [3.8, 4) is 17.0 Å². The molecule has 2 aliphatic rings. The molecule has 1 aromatic carbocycles. The third-order valence-electron chi connectivity index (χ3n) is 7.50. The number of rotatable bonds is 14. The third-order valence-corrected chi connectivity index (χ3v) is 7.50. The zero-order valence-electron chi connectivity index (χ0n) is 22.4. The second-order valence-electron chi connectivity index (χ2n) is 10.1. The van der Waals surface area contributed by atoms with Gasteiger partial charge in [0.1, 0.15) is 6.10 Å². The highest BCUT2D eigenvalue weighted by molar-refractivity contribution is 6.08. The highest BCUT2D eigenvalue weighted by Crippen LogP contribution is 2.32. The summed E-state index contributed by atoms with van der Waals surface area (Å²) in [5, 5.41) is 5.55. The normalized spacial score (nSPS) is 19.3. The molecule has 0 spiro atoms. The van der Waals surface area contributed by atoms with Crippen molar-refractivity contribution in [2.24, 2.45) is 7.05 Å². The topological polar surface area (TPSA) is 88.9 Å². The fourth-order valence-electron chi connectivity index (χ4n) is 5.02. The predicted octanol–water partition coefficient (Wildman–Crippen LogP) is 3.74. The van der Waals surface area contributed by atoms with E-state index < -0.39 is 0 Å². The van der Waals surface area contributed by atoms with E-state index in [0.29, 0.717) is 51.6 Å². The van der Waals surface area contributed by atoms with Crippen molar-refractivity contribution < 1.29 is 23.7 Å². The van der Waals surface area contributed by atoms with Gasteiger partial charge < -0.3 is 33.6 Å². The van der Waals surface area contributed by atoms with E-state index in [1.165, 1.54) is 21.8 Å². The van der Waals surface area contributed by atoms with Crippen molar-refractivity contribution in [3.05, 3.63) is 55.0 Å². The Kier molecular flexibility index (Phi) is 8.32. The van der Waals surface area contributed by atoms with Crippen molar-refractivity contribution in [2.45, 2.75) is 31.2 Å². The largest absolute Gasteiger partial charge is 0.474 e. The SMILES string of the molecule is Cn1c2ccncc2c2ccc(-c3ccc(O[C@H]4C[C@H](OCCOCCOCCOC5CNC5)C4)nc3)cc21. The average molecular weight is 533 g/mol. The predicted molar refractivity (Wildman–Crippen MR) is 149 cm³/mol. The van der Waals surface area contributed by atoms with Crippen LogP contribution in [0.5, 0.6) is 5.88 Å². The number of aryl methyl sites for hydroxylation is 1. The van der Waals surface area contributed by atoms with Gasteiger partial charge in [-0.05, 0) is 23.8 Å². The molecular formula is C30H36N4O5. The minimum absolute atomic E-state index is 0.140. The van der Waals surface area contributed by atoms with Crippen molar-refractivity contribution >= 4 is 21.8 Å². The molecule has 1 saturated heterocycles. The fourth-order valence-corrected chi connectivity index (χ4v) is 5.02. The molecule has 0 unspecified atom stereocenters. The van der Waals surface area contributed by atoms with Crippen LogP contribution in [-0.2, 0) is 26.0 Å². The molecule has 0 radical (unpaired) electrons. The Morgan fingerprint density at radius 3 is 2.23 bits per heavy atom. The smallest absolute Gasteiger partial charge is 0.213 e. The zero-order chi connectivity index (χ0) is 26.4. The molecule has 6 rings (SSSR count). The molecule has 0 bridgehead atoms. The van der Waals surface area contributed by atoms with Gasteiger partial charge in [0.05, 0.1) is 57.4 Å². The number of benzene rings is 1. The Balaban J connectivity index is 0.877. The van der Waals surface area contributed by atoms with E-state index >= 15 is 0 Å². The number of ether oxygens (including phenoxy) is 5. The highest BCUT2D eigenvalue weighted by atomic mass is 16.6. The van der Waals surface area contributed by atoms with E-state index in [1.807, 2.05) is 24.7 Å². The maximum absolute atomic E-state index is 6.05. The summed E-state index contributed by atoms with van der Waals surface area (Å²) in [5.41, 5.74) is 4.55. The molecule has 1 N–H and O–H groups in total. The number of fused-ring (bicyclic) bond motifs is 3. The molecule has 1 aliphatic heterocycles. The molecule has 0 atom stereocenters. The summed E-state index contributed by atoms with van der Waals surface area (Å²) >= 11 is 0. The van der Waals surface area contributed by atoms with Gasteiger partial charge in [-0.2, -0.15) is 0 Å². The molecule has 1 saturated carbocycles. The van der Waals surface area contributed by atoms with Crippen molar-refractivity contribution in [1.29, 1.82) is 0 Å². The lowest BCUT2D eigenvalue weighted by molar-refractivity contribution is -0.0804. The van der Waals surface area contributed by atoms with Crippen LogP contribution >= 0.6 is 0 Å². The first kappa shape index (κ1) is 26.2. The minimum atomic E-state index is 0.140. The van der Waals surface area contributed by atoms with Crippen molar-refractivity contribution in [2.75, 3.05) is 52.7 Å².